The van der Waals surface area contributed by atoms with Gasteiger partial charge in [-0.1, -0.05) is 38.1 Å². The summed E-state index contributed by atoms with van der Waals surface area (Å²) in [6, 6.07) is 9.38. The Morgan fingerprint density at radius 3 is 2.19 bits per heavy atom. The predicted molar refractivity (Wildman–Crippen MR) is 88.2 cm³/mol. The lowest BCUT2D eigenvalue weighted by Gasteiger charge is -2.27. The second-order valence-corrected chi connectivity index (χ2v) is 8.96. The first-order chi connectivity index (χ1) is 9.85. The van der Waals surface area contributed by atoms with E-state index in [4.69, 9.17) is 0 Å². The van der Waals surface area contributed by atoms with Crippen LogP contribution in [0.5, 0.6) is 0 Å². The maximum atomic E-state index is 11.4. The normalized spacial score (nSPS) is 20.6. The second-order valence-electron chi connectivity index (χ2n) is 6.65. The van der Waals surface area contributed by atoms with E-state index >= 15 is 0 Å². The van der Waals surface area contributed by atoms with Gasteiger partial charge in [-0.2, -0.15) is 0 Å². The maximum absolute atomic E-state index is 11.4. The number of hydrogen-bond acceptors (Lipinski definition) is 3. The van der Waals surface area contributed by atoms with Gasteiger partial charge in [0.1, 0.15) is 9.84 Å². The van der Waals surface area contributed by atoms with Crippen LogP contribution in [0.1, 0.15) is 50.8 Å². The SMILES string of the molecule is CC(C)Cc1ccc(C(C)NC2CCS(=O)(=O)CC2)cc1. The molecule has 0 radical (unpaired) electrons. The van der Waals surface area contributed by atoms with Crippen molar-refractivity contribution in [1.29, 1.82) is 0 Å². The molecular weight excluding hydrogens is 282 g/mol. The second kappa shape index (κ2) is 6.93. The van der Waals surface area contributed by atoms with Gasteiger partial charge in [-0.15, -0.1) is 0 Å². The van der Waals surface area contributed by atoms with Gasteiger partial charge in [-0.25, -0.2) is 8.42 Å². The summed E-state index contributed by atoms with van der Waals surface area (Å²) in [4.78, 5) is 0. The van der Waals surface area contributed by atoms with Gasteiger partial charge in [-0.05, 0) is 43.2 Å². The Morgan fingerprint density at radius 1 is 1.10 bits per heavy atom. The molecule has 1 atom stereocenters. The van der Waals surface area contributed by atoms with E-state index < -0.39 is 9.84 Å². The molecular formula is C17H27NO2S. The Kier molecular flexibility index (Phi) is 5.44. The highest BCUT2D eigenvalue weighted by Gasteiger charge is 2.24. The Bertz CT molecular complexity index is 535. The summed E-state index contributed by atoms with van der Waals surface area (Å²) in [6.07, 6.45) is 2.58. The van der Waals surface area contributed by atoms with Crippen LogP contribution in [-0.2, 0) is 16.3 Å². The monoisotopic (exact) mass is 309 g/mol. The molecule has 0 saturated carbocycles. The van der Waals surface area contributed by atoms with Gasteiger partial charge in [-0.3, -0.25) is 0 Å². The third-order valence-electron chi connectivity index (χ3n) is 4.16. The molecule has 0 amide bonds. The molecule has 4 heteroatoms. The molecule has 1 fully saturated rings. The minimum absolute atomic E-state index is 0.268. The quantitative estimate of drug-likeness (QED) is 0.909. The molecule has 1 heterocycles. The molecule has 21 heavy (non-hydrogen) atoms. The average molecular weight is 309 g/mol. The van der Waals surface area contributed by atoms with Crippen LogP contribution in [0, 0.1) is 5.92 Å². The lowest BCUT2D eigenvalue weighted by molar-refractivity contribution is 0.420. The van der Waals surface area contributed by atoms with Gasteiger partial charge in [0.25, 0.3) is 0 Å². The van der Waals surface area contributed by atoms with Gasteiger partial charge in [0.15, 0.2) is 0 Å². The van der Waals surface area contributed by atoms with Crippen LogP contribution in [-0.4, -0.2) is 26.0 Å². The first-order valence-electron chi connectivity index (χ1n) is 7.91. The lowest BCUT2D eigenvalue weighted by atomic mass is 9.99. The fourth-order valence-electron chi connectivity index (χ4n) is 2.92. The van der Waals surface area contributed by atoms with E-state index in [-0.39, 0.29) is 6.04 Å². The van der Waals surface area contributed by atoms with Gasteiger partial charge in [0, 0.05) is 12.1 Å². The number of rotatable bonds is 5. The van der Waals surface area contributed by atoms with E-state index in [1.165, 1.54) is 11.1 Å². The highest BCUT2D eigenvalue weighted by molar-refractivity contribution is 7.91. The Labute approximate surface area is 129 Å². The molecule has 0 aromatic heterocycles. The van der Waals surface area contributed by atoms with Crippen molar-refractivity contribution in [1.82, 2.24) is 5.32 Å². The summed E-state index contributed by atoms with van der Waals surface area (Å²) in [7, 11) is -2.77. The zero-order chi connectivity index (χ0) is 15.5. The number of nitrogens with one attached hydrogen (secondary N) is 1. The standard InChI is InChI=1S/C17H27NO2S/c1-13(2)12-15-4-6-16(7-5-15)14(3)18-17-8-10-21(19,20)11-9-17/h4-7,13-14,17-18H,8-12H2,1-3H3. The molecule has 2 rings (SSSR count). The molecule has 3 nitrogen and oxygen atoms in total. The maximum Gasteiger partial charge on any atom is 0.150 e. The topological polar surface area (TPSA) is 46.2 Å². The number of hydrogen-bond donors (Lipinski definition) is 1. The third kappa shape index (κ3) is 5.11. The average Bonchev–Trinajstić information content (AvgIpc) is 2.41. The van der Waals surface area contributed by atoms with E-state index in [0.717, 1.165) is 19.3 Å². The summed E-state index contributed by atoms with van der Waals surface area (Å²) in [6.45, 7) is 6.62. The van der Waals surface area contributed by atoms with Crippen molar-refractivity contribution in [3.63, 3.8) is 0 Å². The van der Waals surface area contributed by atoms with Crippen molar-refractivity contribution in [3.05, 3.63) is 35.4 Å². The molecule has 0 aliphatic carbocycles. The van der Waals surface area contributed by atoms with Crippen molar-refractivity contribution in [3.8, 4) is 0 Å². The molecule has 1 aliphatic rings. The summed E-state index contributed by atoms with van der Waals surface area (Å²) in [5.41, 5.74) is 2.65. The minimum atomic E-state index is -2.77. The zero-order valence-corrected chi connectivity index (χ0v) is 14.1. The molecule has 0 bridgehead atoms. The smallest absolute Gasteiger partial charge is 0.150 e. The van der Waals surface area contributed by atoms with Crippen LogP contribution < -0.4 is 5.32 Å². The first kappa shape index (κ1) is 16.5. The van der Waals surface area contributed by atoms with Gasteiger partial charge < -0.3 is 5.32 Å². The van der Waals surface area contributed by atoms with Crippen molar-refractivity contribution in [2.45, 2.75) is 52.1 Å². The molecule has 118 valence electrons. The fourth-order valence-corrected chi connectivity index (χ4v) is 4.41. The first-order valence-corrected chi connectivity index (χ1v) is 9.73. The molecule has 1 saturated heterocycles. The molecule has 1 unspecified atom stereocenters. The van der Waals surface area contributed by atoms with E-state index in [1.54, 1.807) is 0 Å². The Balaban J connectivity index is 1.90. The van der Waals surface area contributed by atoms with Gasteiger partial charge in [0.2, 0.25) is 0 Å². The van der Waals surface area contributed by atoms with Gasteiger partial charge >= 0.3 is 0 Å². The minimum Gasteiger partial charge on any atom is -0.307 e. The largest absolute Gasteiger partial charge is 0.307 e. The molecule has 0 spiro atoms. The molecule has 1 N–H and O–H groups in total. The lowest BCUT2D eigenvalue weighted by Crippen LogP contribution is -2.38. The van der Waals surface area contributed by atoms with E-state index in [1.807, 2.05) is 0 Å². The van der Waals surface area contributed by atoms with Crippen LogP contribution in [0.3, 0.4) is 0 Å². The van der Waals surface area contributed by atoms with E-state index in [0.29, 0.717) is 23.5 Å². The summed E-state index contributed by atoms with van der Waals surface area (Å²) in [5, 5.41) is 3.57. The van der Waals surface area contributed by atoms with Crippen LogP contribution in [0.25, 0.3) is 0 Å². The van der Waals surface area contributed by atoms with E-state index in [2.05, 4.69) is 50.4 Å². The van der Waals surface area contributed by atoms with Crippen LogP contribution in [0.4, 0.5) is 0 Å². The van der Waals surface area contributed by atoms with Crippen molar-refractivity contribution in [2.24, 2.45) is 5.92 Å². The highest BCUT2D eigenvalue weighted by Crippen LogP contribution is 2.19. The van der Waals surface area contributed by atoms with Crippen LogP contribution in [0.15, 0.2) is 24.3 Å². The summed E-state index contributed by atoms with van der Waals surface area (Å²) < 4.78 is 22.9. The summed E-state index contributed by atoms with van der Waals surface area (Å²) >= 11 is 0. The van der Waals surface area contributed by atoms with Crippen molar-refractivity contribution in [2.75, 3.05) is 11.5 Å². The number of benzene rings is 1. The zero-order valence-electron chi connectivity index (χ0n) is 13.3. The fraction of sp³-hybridized carbons (Fsp3) is 0.647. The van der Waals surface area contributed by atoms with Crippen molar-refractivity contribution < 1.29 is 8.42 Å². The van der Waals surface area contributed by atoms with E-state index in [9.17, 15) is 8.42 Å². The van der Waals surface area contributed by atoms with Gasteiger partial charge in [0.05, 0.1) is 11.5 Å². The van der Waals surface area contributed by atoms with Crippen LogP contribution >= 0.6 is 0 Å². The molecule has 1 aromatic carbocycles. The molecule has 1 aromatic rings. The Morgan fingerprint density at radius 2 is 1.67 bits per heavy atom. The Hall–Kier alpha value is -0.870. The number of sulfone groups is 1. The third-order valence-corrected chi connectivity index (χ3v) is 5.88. The summed E-state index contributed by atoms with van der Waals surface area (Å²) in [5.74, 6) is 1.32. The van der Waals surface area contributed by atoms with Crippen molar-refractivity contribution >= 4 is 9.84 Å². The molecule has 1 aliphatic heterocycles. The highest BCUT2D eigenvalue weighted by atomic mass is 32.2. The van der Waals surface area contributed by atoms with Crippen LogP contribution in [0.2, 0.25) is 0 Å². The predicted octanol–water partition coefficient (Wildman–Crippen LogP) is 3.11.